The van der Waals surface area contributed by atoms with Gasteiger partial charge in [0.2, 0.25) is 10.0 Å². The maximum absolute atomic E-state index is 13.5. The third-order valence-electron chi connectivity index (χ3n) is 5.80. The topological polar surface area (TPSA) is 88.7 Å². The van der Waals surface area contributed by atoms with Gasteiger partial charge in [-0.05, 0) is 36.2 Å². The number of hydrogen-bond donors (Lipinski definition) is 1. The number of fused-ring (bicyclic) bond motifs is 2. The lowest BCUT2D eigenvalue weighted by molar-refractivity contribution is 0.172. The second-order valence-corrected chi connectivity index (χ2v) is 10.0. The quantitative estimate of drug-likeness (QED) is 0.439. The molecule has 5 rings (SSSR count). The van der Waals surface area contributed by atoms with Crippen LogP contribution in [0.4, 0.5) is 0 Å². The number of pyridine rings is 1. The van der Waals surface area contributed by atoms with Crippen molar-refractivity contribution in [3.05, 3.63) is 100 Å². The highest BCUT2D eigenvalue weighted by atomic mass is 32.2. The average molecular weight is 477 g/mol. The van der Waals surface area contributed by atoms with Crippen molar-refractivity contribution in [2.75, 3.05) is 19.8 Å². The molecule has 0 spiro atoms. The molecule has 0 radical (unpaired) electrons. The molecular formula is C26H24N2O5S. The van der Waals surface area contributed by atoms with Crippen molar-refractivity contribution in [1.29, 1.82) is 0 Å². The van der Waals surface area contributed by atoms with E-state index in [0.29, 0.717) is 42.2 Å². The molecule has 1 aliphatic rings. The third-order valence-corrected chi connectivity index (χ3v) is 7.66. The molecule has 7 nitrogen and oxygen atoms in total. The Balaban J connectivity index is 1.51. The summed E-state index contributed by atoms with van der Waals surface area (Å²) in [5.74, 6) is 1.19. The molecule has 0 fully saturated rings. The van der Waals surface area contributed by atoms with Gasteiger partial charge in [-0.1, -0.05) is 48.5 Å². The summed E-state index contributed by atoms with van der Waals surface area (Å²) in [6.45, 7) is 1.09. The van der Waals surface area contributed by atoms with Gasteiger partial charge in [0.05, 0.1) is 10.4 Å². The van der Waals surface area contributed by atoms with Gasteiger partial charge in [0.15, 0.2) is 11.5 Å². The molecule has 0 aliphatic carbocycles. The van der Waals surface area contributed by atoms with Gasteiger partial charge in [0, 0.05) is 30.1 Å². The molecule has 174 valence electrons. The highest BCUT2D eigenvalue weighted by molar-refractivity contribution is 7.89. The number of nitrogens with one attached hydrogen (secondary N) is 1. The first kappa shape index (κ1) is 22.2. The highest BCUT2D eigenvalue weighted by Crippen LogP contribution is 2.33. The van der Waals surface area contributed by atoms with Crippen LogP contribution in [0.1, 0.15) is 11.1 Å². The number of aromatic amines is 1. The zero-order chi connectivity index (χ0) is 23.5. The Hall–Kier alpha value is -3.62. The van der Waals surface area contributed by atoms with Crippen molar-refractivity contribution in [3.8, 4) is 11.5 Å². The number of nitrogens with zero attached hydrogens (tertiary/aromatic N) is 1. The van der Waals surface area contributed by atoms with E-state index in [9.17, 15) is 13.2 Å². The van der Waals surface area contributed by atoms with Crippen LogP contribution in [0.5, 0.6) is 11.5 Å². The van der Waals surface area contributed by atoms with Gasteiger partial charge in [-0.25, -0.2) is 8.42 Å². The highest BCUT2D eigenvalue weighted by Gasteiger charge is 2.25. The molecule has 0 saturated carbocycles. The molecule has 8 heteroatoms. The second-order valence-electron chi connectivity index (χ2n) is 8.09. The van der Waals surface area contributed by atoms with Crippen molar-refractivity contribution >= 4 is 20.9 Å². The summed E-state index contributed by atoms with van der Waals surface area (Å²) in [6, 6.07) is 23.2. The summed E-state index contributed by atoms with van der Waals surface area (Å²) in [6.07, 6.45) is 0.525. The van der Waals surface area contributed by atoms with E-state index in [4.69, 9.17) is 9.47 Å². The molecule has 0 amide bonds. The van der Waals surface area contributed by atoms with E-state index >= 15 is 0 Å². The van der Waals surface area contributed by atoms with E-state index in [-0.39, 0.29) is 23.5 Å². The lowest BCUT2D eigenvalue weighted by atomic mass is 10.1. The van der Waals surface area contributed by atoms with Crippen LogP contribution in [0.3, 0.4) is 0 Å². The molecule has 3 aromatic carbocycles. The van der Waals surface area contributed by atoms with Gasteiger partial charge in [0.25, 0.3) is 5.56 Å². The minimum atomic E-state index is -3.82. The molecule has 1 N–H and O–H groups in total. The molecule has 0 bridgehead atoms. The lowest BCUT2D eigenvalue weighted by Gasteiger charge is -2.23. The van der Waals surface area contributed by atoms with Crippen LogP contribution < -0.4 is 15.0 Å². The Morgan fingerprint density at radius 1 is 0.853 bits per heavy atom. The number of hydrogen-bond acceptors (Lipinski definition) is 5. The number of rotatable bonds is 7. The SMILES string of the molecule is O=c1[nH]c2cc3c(cc2cc1CN(CCc1ccccc1)S(=O)(=O)c1ccccc1)OCCO3. The fourth-order valence-corrected chi connectivity index (χ4v) is 5.46. The van der Waals surface area contributed by atoms with Crippen LogP contribution in [-0.4, -0.2) is 37.5 Å². The second kappa shape index (κ2) is 9.32. The molecule has 4 aromatic rings. The molecule has 1 aromatic heterocycles. The van der Waals surface area contributed by atoms with Gasteiger partial charge in [-0.3, -0.25) is 4.79 Å². The fraction of sp³-hybridized carbons (Fsp3) is 0.192. The monoisotopic (exact) mass is 476 g/mol. The van der Waals surface area contributed by atoms with Gasteiger partial charge in [-0.2, -0.15) is 4.31 Å². The summed E-state index contributed by atoms with van der Waals surface area (Å²) in [5, 5.41) is 0.749. The van der Waals surface area contributed by atoms with Crippen molar-refractivity contribution in [3.63, 3.8) is 0 Å². The average Bonchev–Trinajstić information content (AvgIpc) is 2.86. The predicted octanol–water partition coefficient (Wildman–Crippen LogP) is 3.73. The fourth-order valence-electron chi connectivity index (χ4n) is 4.02. The largest absolute Gasteiger partial charge is 0.486 e. The first-order chi connectivity index (χ1) is 16.5. The Morgan fingerprint density at radius 3 is 2.21 bits per heavy atom. The maximum Gasteiger partial charge on any atom is 0.252 e. The third kappa shape index (κ3) is 4.55. The molecule has 1 aliphatic heterocycles. The Kier molecular flexibility index (Phi) is 6.08. The number of sulfonamides is 1. The van der Waals surface area contributed by atoms with Crippen LogP contribution in [0.25, 0.3) is 10.9 Å². The zero-order valence-electron chi connectivity index (χ0n) is 18.4. The molecule has 2 heterocycles. The van der Waals surface area contributed by atoms with Crippen LogP contribution in [-0.2, 0) is 23.0 Å². The van der Waals surface area contributed by atoms with Crippen LogP contribution in [0, 0.1) is 0 Å². The Labute approximate surface area is 197 Å². The Bertz CT molecular complexity index is 1470. The normalized spacial score (nSPS) is 13.3. The standard InChI is InChI=1S/C26H24N2O5S/c29-26-21(15-20-16-24-25(17-23(20)27-26)33-14-13-32-24)18-28(12-11-19-7-3-1-4-8-19)34(30,31)22-9-5-2-6-10-22/h1-10,15-17H,11-14,18H2,(H,27,29). The van der Waals surface area contributed by atoms with E-state index in [2.05, 4.69) is 4.98 Å². The molecule has 34 heavy (non-hydrogen) atoms. The van der Waals surface area contributed by atoms with E-state index in [1.165, 1.54) is 4.31 Å². The van der Waals surface area contributed by atoms with E-state index in [1.54, 1.807) is 42.5 Å². The molecule has 0 unspecified atom stereocenters. The molecule has 0 saturated heterocycles. The summed E-state index contributed by atoms with van der Waals surface area (Å²) in [4.78, 5) is 16.0. The van der Waals surface area contributed by atoms with Crippen LogP contribution in [0.15, 0.2) is 88.6 Å². The van der Waals surface area contributed by atoms with E-state index < -0.39 is 10.0 Å². The Morgan fingerprint density at radius 2 is 1.50 bits per heavy atom. The number of ether oxygens (including phenoxy) is 2. The summed E-state index contributed by atoms with van der Waals surface area (Å²) in [5.41, 5.74) is 1.65. The van der Waals surface area contributed by atoms with Crippen molar-refractivity contribution in [2.45, 2.75) is 17.9 Å². The van der Waals surface area contributed by atoms with Crippen LogP contribution in [0.2, 0.25) is 0 Å². The lowest BCUT2D eigenvalue weighted by Crippen LogP contribution is -2.34. The van der Waals surface area contributed by atoms with Crippen molar-refractivity contribution < 1.29 is 17.9 Å². The smallest absolute Gasteiger partial charge is 0.252 e. The van der Waals surface area contributed by atoms with Gasteiger partial charge < -0.3 is 14.5 Å². The number of aromatic nitrogens is 1. The maximum atomic E-state index is 13.5. The predicted molar refractivity (Wildman–Crippen MR) is 130 cm³/mol. The summed E-state index contributed by atoms with van der Waals surface area (Å²) >= 11 is 0. The minimum absolute atomic E-state index is 0.0518. The van der Waals surface area contributed by atoms with E-state index in [1.807, 2.05) is 36.4 Å². The van der Waals surface area contributed by atoms with E-state index in [0.717, 1.165) is 10.9 Å². The minimum Gasteiger partial charge on any atom is -0.486 e. The molecule has 0 atom stereocenters. The molecular weight excluding hydrogens is 452 g/mol. The van der Waals surface area contributed by atoms with Crippen LogP contribution >= 0.6 is 0 Å². The van der Waals surface area contributed by atoms with Crippen molar-refractivity contribution in [1.82, 2.24) is 9.29 Å². The first-order valence-corrected chi connectivity index (χ1v) is 12.5. The first-order valence-electron chi connectivity index (χ1n) is 11.1. The van der Waals surface area contributed by atoms with Gasteiger partial charge in [0.1, 0.15) is 13.2 Å². The van der Waals surface area contributed by atoms with Gasteiger partial charge >= 0.3 is 0 Å². The number of H-pyrrole nitrogens is 1. The number of benzene rings is 3. The van der Waals surface area contributed by atoms with Gasteiger partial charge in [-0.15, -0.1) is 0 Å². The summed E-state index contributed by atoms with van der Waals surface area (Å²) in [7, 11) is -3.82. The van der Waals surface area contributed by atoms with Crippen molar-refractivity contribution in [2.24, 2.45) is 0 Å². The summed E-state index contributed by atoms with van der Waals surface area (Å²) < 4.78 is 39.6. The zero-order valence-corrected chi connectivity index (χ0v) is 19.3.